The standard InChI is InChI=1S/C27H30ClN3O3S/c1-3-13-30(27(33)29-21-6-4-5-20(28)16-21)17-26(32)31-14-11-25-23(12-15-35-25)24(31)18-34-22-9-7-19(2)8-10-22/h4-10,12,15-16,24H,3,11,13-14,17-18H2,1-2H3,(H,29,33). The molecular formula is C27H30ClN3O3S. The van der Waals surface area contributed by atoms with Crippen molar-refractivity contribution in [3.8, 4) is 5.75 Å². The molecule has 0 bridgehead atoms. The van der Waals surface area contributed by atoms with Crippen molar-refractivity contribution in [1.29, 1.82) is 0 Å². The molecule has 0 spiro atoms. The first-order chi connectivity index (χ1) is 16.9. The van der Waals surface area contributed by atoms with Crippen molar-refractivity contribution in [2.24, 2.45) is 0 Å². The average Bonchev–Trinajstić information content (AvgIpc) is 3.32. The number of carbonyl (C=O) groups is 2. The monoisotopic (exact) mass is 511 g/mol. The minimum absolute atomic E-state index is 0.000735. The summed E-state index contributed by atoms with van der Waals surface area (Å²) in [4.78, 5) is 31.2. The Kier molecular flexibility index (Phi) is 8.31. The summed E-state index contributed by atoms with van der Waals surface area (Å²) in [5, 5.41) is 5.47. The van der Waals surface area contributed by atoms with Crippen molar-refractivity contribution in [1.82, 2.24) is 9.80 Å². The molecule has 0 radical (unpaired) electrons. The first-order valence-electron chi connectivity index (χ1n) is 11.8. The third kappa shape index (κ3) is 6.35. The maximum absolute atomic E-state index is 13.5. The van der Waals surface area contributed by atoms with E-state index < -0.39 is 0 Å². The Morgan fingerprint density at radius 3 is 2.74 bits per heavy atom. The van der Waals surface area contributed by atoms with Crippen molar-refractivity contribution in [2.45, 2.75) is 32.7 Å². The summed E-state index contributed by atoms with van der Waals surface area (Å²) in [5.74, 6) is 0.688. The lowest BCUT2D eigenvalue weighted by Gasteiger charge is -2.37. The highest BCUT2D eigenvalue weighted by Crippen LogP contribution is 2.34. The van der Waals surface area contributed by atoms with E-state index in [0.717, 1.165) is 24.2 Å². The first kappa shape index (κ1) is 25.1. The van der Waals surface area contributed by atoms with Gasteiger partial charge in [0.05, 0.1) is 6.04 Å². The van der Waals surface area contributed by atoms with Crippen LogP contribution >= 0.6 is 22.9 Å². The van der Waals surface area contributed by atoms with Gasteiger partial charge < -0.3 is 19.9 Å². The van der Waals surface area contributed by atoms with E-state index in [0.29, 0.717) is 30.4 Å². The Morgan fingerprint density at radius 1 is 1.20 bits per heavy atom. The molecular weight excluding hydrogens is 482 g/mol. The van der Waals surface area contributed by atoms with Crippen molar-refractivity contribution < 1.29 is 14.3 Å². The lowest BCUT2D eigenvalue weighted by molar-refractivity contribution is -0.135. The fourth-order valence-electron chi connectivity index (χ4n) is 4.23. The van der Waals surface area contributed by atoms with Crippen LogP contribution < -0.4 is 10.1 Å². The second kappa shape index (κ2) is 11.6. The number of fused-ring (bicyclic) bond motifs is 1. The van der Waals surface area contributed by atoms with Gasteiger partial charge >= 0.3 is 6.03 Å². The van der Waals surface area contributed by atoms with E-state index in [-0.39, 0.29) is 24.5 Å². The number of thiophene rings is 1. The number of anilines is 1. The van der Waals surface area contributed by atoms with Crippen LogP contribution in [0.2, 0.25) is 5.02 Å². The third-order valence-corrected chi connectivity index (χ3v) is 7.26. The normalized spacial score (nSPS) is 14.8. The summed E-state index contributed by atoms with van der Waals surface area (Å²) < 4.78 is 6.10. The zero-order chi connectivity index (χ0) is 24.8. The zero-order valence-electron chi connectivity index (χ0n) is 20.0. The fourth-order valence-corrected chi connectivity index (χ4v) is 5.35. The van der Waals surface area contributed by atoms with E-state index in [2.05, 4.69) is 16.8 Å². The van der Waals surface area contributed by atoms with Gasteiger partial charge in [0.25, 0.3) is 0 Å². The average molecular weight is 512 g/mol. The minimum Gasteiger partial charge on any atom is -0.491 e. The van der Waals surface area contributed by atoms with Gasteiger partial charge in [0.2, 0.25) is 5.91 Å². The highest BCUT2D eigenvalue weighted by molar-refractivity contribution is 7.10. The Morgan fingerprint density at radius 2 is 2.00 bits per heavy atom. The number of nitrogens with one attached hydrogen (secondary N) is 1. The molecule has 0 saturated heterocycles. The van der Waals surface area contributed by atoms with Crippen LogP contribution in [0.25, 0.3) is 0 Å². The van der Waals surface area contributed by atoms with Crippen LogP contribution in [0.15, 0.2) is 60.0 Å². The van der Waals surface area contributed by atoms with Gasteiger partial charge in [-0.1, -0.05) is 42.3 Å². The topological polar surface area (TPSA) is 61.9 Å². The number of hydrogen-bond donors (Lipinski definition) is 1. The molecule has 1 aliphatic heterocycles. The van der Waals surface area contributed by atoms with Gasteiger partial charge in [0.15, 0.2) is 0 Å². The van der Waals surface area contributed by atoms with Crippen LogP contribution in [0.3, 0.4) is 0 Å². The molecule has 0 aliphatic carbocycles. The molecule has 3 amide bonds. The number of rotatable bonds is 8. The molecule has 1 aliphatic rings. The van der Waals surface area contributed by atoms with E-state index in [1.165, 1.54) is 10.4 Å². The fraction of sp³-hybridized carbons (Fsp3) is 0.333. The number of hydrogen-bond acceptors (Lipinski definition) is 4. The Labute approximate surface area is 215 Å². The summed E-state index contributed by atoms with van der Waals surface area (Å²) in [6.07, 6.45) is 1.55. The molecule has 1 aromatic heterocycles. The largest absolute Gasteiger partial charge is 0.491 e. The number of ether oxygens (including phenoxy) is 1. The molecule has 1 unspecified atom stereocenters. The molecule has 1 N–H and O–H groups in total. The molecule has 4 rings (SSSR count). The molecule has 0 saturated carbocycles. The third-order valence-electron chi connectivity index (χ3n) is 6.03. The Bertz CT molecular complexity index is 1160. The molecule has 35 heavy (non-hydrogen) atoms. The van der Waals surface area contributed by atoms with Crippen molar-refractivity contribution >= 4 is 40.6 Å². The second-order valence-corrected chi connectivity index (χ2v) is 10.1. The first-order valence-corrected chi connectivity index (χ1v) is 13.1. The van der Waals surface area contributed by atoms with E-state index in [1.807, 2.05) is 43.0 Å². The van der Waals surface area contributed by atoms with E-state index in [1.54, 1.807) is 40.5 Å². The maximum Gasteiger partial charge on any atom is 0.322 e. The highest BCUT2D eigenvalue weighted by atomic mass is 35.5. The number of urea groups is 1. The summed E-state index contributed by atoms with van der Waals surface area (Å²) in [7, 11) is 0. The van der Waals surface area contributed by atoms with Crippen LogP contribution in [0, 0.1) is 6.92 Å². The Balaban J connectivity index is 1.47. The van der Waals surface area contributed by atoms with Gasteiger partial charge in [0.1, 0.15) is 18.9 Å². The summed E-state index contributed by atoms with van der Waals surface area (Å²) >= 11 is 7.76. The van der Waals surface area contributed by atoms with E-state index in [4.69, 9.17) is 16.3 Å². The number of halogens is 1. The van der Waals surface area contributed by atoms with Crippen LogP contribution in [0.5, 0.6) is 5.75 Å². The smallest absolute Gasteiger partial charge is 0.322 e. The number of nitrogens with zero attached hydrogens (tertiary/aromatic N) is 2. The molecule has 6 nitrogen and oxygen atoms in total. The molecule has 0 fully saturated rings. The zero-order valence-corrected chi connectivity index (χ0v) is 21.6. The van der Waals surface area contributed by atoms with Gasteiger partial charge in [-0.25, -0.2) is 4.79 Å². The van der Waals surface area contributed by atoms with Gasteiger partial charge in [-0.2, -0.15) is 0 Å². The van der Waals surface area contributed by atoms with Crippen LogP contribution in [-0.4, -0.2) is 48.0 Å². The predicted octanol–water partition coefficient (Wildman–Crippen LogP) is 6.16. The molecule has 3 aromatic rings. The summed E-state index contributed by atoms with van der Waals surface area (Å²) in [5.41, 5.74) is 2.90. The van der Waals surface area contributed by atoms with Gasteiger partial charge in [0, 0.05) is 28.7 Å². The van der Waals surface area contributed by atoms with E-state index in [9.17, 15) is 9.59 Å². The minimum atomic E-state index is -0.317. The molecule has 184 valence electrons. The number of benzene rings is 2. The molecule has 2 heterocycles. The second-order valence-electron chi connectivity index (χ2n) is 8.64. The van der Waals surface area contributed by atoms with Crippen LogP contribution in [-0.2, 0) is 11.2 Å². The Hall–Kier alpha value is -3.03. The summed E-state index contributed by atoms with van der Waals surface area (Å²) in [6.45, 7) is 5.46. The van der Waals surface area contributed by atoms with Gasteiger partial charge in [-0.05, 0) is 67.1 Å². The molecule has 8 heteroatoms. The number of carbonyl (C=O) groups excluding carboxylic acids is 2. The maximum atomic E-state index is 13.5. The van der Waals surface area contributed by atoms with Crippen molar-refractivity contribution in [3.63, 3.8) is 0 Å². The quantitative estimate of drug-likeness (QED) is 0.394. The van der Waals surface area contributed by atoms with Crippen molar-refractivity contribution in [3.05, 3.63) is 81.0 Å². The highest BCUT2D eigenvalue weighted by Gasteiger charge is 2.33. The lowest BCUT2D eigenvalue weighted by atomic mass is 10.0. The van der Waals surface area contributed by atoms with Gasteiger partial charge in [-0.3, -0.25) is 4.79 Å². The summed E-state index contributed by atoms with van der Waals surface area (Å²) in [6, 6.07) is 16.5. The van der Waals surface area contributed by atoms with E-state index >= 15 is 0 Å². The molecule has 2 aromatic carbocycles. The van der Waals surface area contributed by atoms with Crippen LogP contribution in [0.1, 0.15) is 35.4 Å². The molecule has 1 atom stereocenters. The SMILES string of the molecule is CCCN(CC(=O)N1CCc2sccc2C1COc1ccc(C)cc1)C(=O)Nc1cccc(Cl)c1. The predicted molar refractivity (Wildman–Crippen MR) is 141 cm³/mol. The lowest BCUT2D eigenvalue weighted by Crippen LogP contribution is -2.48. The van der Waals surface area contributed by atoms with Crippen LogP contribution in [0.4, 0.5) is 10.5 Å². The number of aryl methyl sites for hydroxylation is 1. The van der Waals surface area contributed by atoms with Gasteiger partial charge in [-0.15, -0.1) is 11.3 Å². The van der Waals surface area contributed by atoms with Crippen molar-refractivity contribution in [2.75, 3.05) is 31.6 Å². The number of amides is 3.